The summed E-state index contributed by atoms with van der Waals surface area (Å²) in [5, 5.41) is 6.71. The van der Waals surface area contributed by atoms with Crippen molar-refractivity contribution in [3.63, 3.8) is 0 Å². The van der Waals surface area contributed by atoms with Crippen molar-refractivity contribution in [1.29, 1.82) is 0 Å². The zero-order valence-corrected chi connectivity index (χ0v) is 15.1. The Kier molecular flexibility index (Phi) is 4.71. The van der Waals surface area contributed by atoms with E-state index in [1.165, 1.54) is 18.5 Å². The molecule has 3 aromatic rings. The highest BCUT2D eigenvalue weighted by Crippen LogP contribution is 2.25. The average Bonchev–Trinajstić information content (AvgIpc) is 2.56. The van der Waals surface area contributed by atoms with E-state index >= 15 is 0 Å². The molecule has 0 saturated heterocycles. The number of hydrogen-bond acceptors (Lipinski definition) is 6. The monoisotopic (exact) mass is 352 g/mol. The molecule has 2 aromatic heterocycles. The van der Waals surface area contributed by atoms with Gasteiger partial charge in [0.05, 0.1) is 5.56 Å². The maximum absolute atomic E-state index is 12.5. The summed E-state index contributed by atoms with van der Waals surface area (Å²) < 4.78 is 5.22. The van der Waals surface area contributed by atoms with E-state index in [0.717, 1.165) is 16.5 Å². The highest BCUT2D eigenvalue weighted by atomic mass is 16.4. The Bertz CT molecular complexity index is 1020. The van der Waals surface area contributed by atoms with Gasteiger partial charge < -0.3 is 15.1 Å². The van der Waals surface area contributed by atoms with Gasteiger partial charge >= 0.3 is 5.63 Å². The minimum atomic E-state index is -0.390. The topological polar surface area (TPSA) is 97.1 Å². The van der Waals surface area contributed by atoms with E-state index in [0.29, 0.717) is 22.8 Å². The number of amides is 1. The van der Waals surface area contributed by atoms with Gasteiger partial charge in [0.25, 0.3) is 5.91 Å². The molecule has 0 aliphatic heterocycles. The maximum atomic E-state index is 12.5. The van der Waals surface area contributed by atoms with Crippen molar-refractivity contribution >= 4 is 28.5 Å². The van der Waals surface area contributed by atoms with Crippen LogP contribution in [0.15, 0.2) is 39.8 Å². The third-order valence-corrected chi connectivity index (χ3v) is 3.88. The number of carbonyl (C=O) groups is 1. The van der Waals surface area contributed by atoms with Crippen molar-refractivity contribution in [3.05, 3.63) is 57.7 Å². The van der Waals surface area contributed by atoms with Crippen LogP contribution in [0.3, 0.4) is 0 Å². The van der Waals surface area contributed by atoms with Crippen LogP contribution in [0.25, 0.3) is 11.0 Å². The summed E-state index contributed by atoms with van der Waals surface area (Å²) in [6.45, 7) is 7.63. The summed E-state index contributed by atoms with van der Waals surface area (Å²) in [5.74, 6) is 0.169. The summed E-state index contributed by atoms with van der Waals surface area (Å²) in [6, 6.07) is 5.18. The van der Waals surface area contributed by atoms with Crippen molar-refractivity contribution in [3.8, 4) is 0 Å². The van der Waals surface area contributed by atoms with Crippen LogP contribution in [-0.2, 0) is 0 Å². The summed E-state index contributed by atoms with van der Waals surface area (Å²) in [4.78, 5) is 32.3. The molecule has 3 rings (SSSR count). The smallest absolute Gasteiger partial charge is 0.336 e. The molecule has 0 spiro atoms. The predicted octanol–water partition coefficient (Wildman–Crippen LogP) is 3.27. The average molecular weight is 352 g/mol. The van der Waals surface area contributed by atoms with E-state index in [1.54, 1.807) is 12.1 Å². The van der Waals surface area contributed by atoms with Gasteiger partial charge in [0.2, 0.25) is 5.95 Å². The molecule has 0 aliphatic carbocycles. The van der Waals surface area contributed by atoms with E-state index in [1.807, 2.05) is 27.7 Å². The number of aromatic nitrogens is 2. The van der Waals surface area contributed by atoms with Crippen molar-refractivity contribution in [1.82, 2.24) is 9.97 Å². The molecule has 0 atom stereocenters. The number of rotatable bonds is 4. The minimum absolute atomic E-state index is 0.207. The molecule has 0 saturated carbocycles. The molecule has 2 heterocycles. The van der Waals surface area contributed by atoms with E-state index < -0.39 is 5.63 Å². The van der Waals surface area contributed by atoms with Gasteiger partial charge in [0.15, 0.2) is 0 Å². The summed E-state index contributed by atoms with van der Waals surface area (Å²) in [7, 11) is 0. The van der Waals surface area contributed by atoms with Gasteiger partial charge in [-0.15, -0.1) is 0 Å². The fourth-order valence-corrected chi connectivity index (χ4v) is 2.57. The predicted molar refractivity (Wildman–Crippen MR) is 101 cm³/mol. The quantitative estimate of drug-likeness (QED) is 0.700. The van der Waals surface area contributed by atoms with Crippen LogP contribution in [0.5, 0.6) is 0 Å². The lowest BCUT2D eigenvalue weighted by Crippen LogP contribution is -2.16. The molecule has 0 unspecified atom stereocenters. The molecule has 2 N–H and O–H groups in total. The Morgan fingerprint density at radius 2 is 1.77 bits per heavy atom. The zero-order valence-electron chi connectivity index (χ0n) is 15.1. The normalized spacial score (nSPS) is 11.0. The van der Waals surface area contributed by atoms with Crippen LogP contribution >= 0.6 is 0 Å². The van der Waals surface area contributed by atoms with Gasteiger partial charge in [0, 0.05) is 35.6 Å². The second-order valence-electron chi connectivity index (χ2n) is 6.46. The van der Waals surface area contributed by atoms with E-state index in [-0.39, 0.29) is 11.9 Å². The fraction of sp³-hybridized carbons (Fsp3) is 0.263. The molecule has 134 valence electrons. The Morgan fingerprint density at radius 1 is 1.08 bits per heavy atom. The Balaban J connectivity index is 1.87. The van der Waals surface area contributed by atoms with Gasteiger partial charge in [-0.1, -0.05) is 0 Å². The first-order chi connectivity index (χ1) is 12.3. The first-order valence-electron chi connectivity index (χ1n) is 8.28. The summed E-state index contributed by atoms with van der Waals surface area (Å²) in [6.07, 6.45) is 2.96. The summed E-state index contributed by atoms with van der Waals surface area (Å²) in [5.41, 5.74) is 2.69. The van der Waals surface area contributed by atoms with Gasteiger partial charge in [-0.2, -0.15) is 0 Å². The second-order valence-corrected chi connectivity index (χ2v) is 6.46. The standard InChI is InChI=1S/C19H20N4O3/c1-10(2)22-19-20-8-13(9-21-19)18(25)23-15-7-14-11(3)6-17(24)26-16(14)5-12(15)4/h5-10H,1-4H3,(H,23,25)(H,20,21,22). The minimum Gasteiger partial charge on any atom is -0.423 e. The van der Waals surface area contributed by atoms with Crippen LogP contribution in [-0.4, -0.2) is 21.9 Å². The van der Waals surface area contributed by atoms with Crippen LogP contribution in [0.2, 0.25) is 0 Å². The zero-order chi connectivity index (χ0) is 18.8. The molecule has 1 aromatic carbocycles. The SMILES string of the molecule is Cc1cc2oc(=O)cc(C)c2cc1NC(=O)c1cnc(NC(C)C)nc1. The maximum Gasteiger partial charge on any atom is 0.336 e. The lowest BCUT2D eigenvalue weighted by molar-refractivity contribution is 0.102. The number of aryl methyl sites for hydroxylation is 2. The third kappa shape index (κ3) is 3.72. The van der Waals surface area contributed by atoms with Crippen LogP contribution in [0.4, 0.5) is 11.6 Å². The highest BCUT2D eigenvalue weighted by Gasteiger charge is 2.12. The first-order valence-corrected chi connectivity index (χ1v) is 8.28. The van der Waals surface area contributed by atoms with Crippen molar-refractivity contribution in [2.24, 2.45) is 0 Å². The molecular weight excluding hydrogens is 332 g/mol. The largest absolute Gasteiger partial charge is 0.423 e. The van der Waals surface area contributed by atoms with Gasteiger partial charge in [-0.25, -0.2) is 14.8 Å². The van der Waals surface area contributed by atoms with Crippen LogP contribution in [0.1, 0.15) is 35.3 Å². The van der Waals surface area contributed by atoms with Crippen molar-refractivity contribution in [2.45, 2.75) is 33.7 Å². The second kappa shape index (κ2) is 6.95. The molecule has 26 heavy (non-hydrogen) atoms. The lowest BCUT2D eigenvalue weighted by atomic mass is 10.1. The van der Waals surface area contributed by atoms with Crippen molar-refractivity contribution in [2.75, 3.05) is 10.6 Å². The number of benzene rings is 1. The Morgan fingerprint density at radius 3 is 2.42 bits per heavy atom. The molecule has 0 bridgehead atoms. The number of carbonyl (C=O) groups excluding carboxylic acids is 1. The molecular formula is C19H20N4O3. The van der Waals surface area contributed by atoms with Crippen LogP contribution < -0.4 is 16.3 Å². The van der Waals surface area contributed by atoms with E-state index in [9.17, 15) is 9.59 Å². The molecule has 0 fully saturated rings. The number of hydrogen-bond donors (Lipinski definition) is 2. The fourth-order valence-electron chi connectivity index (χ4n) is 2.57. The lowest BCUT2D eigenvalue weighted by Gasteiger charge is -2.11. The van der Waals surface area contributed by atoms with E-state index in [4.69, 9.17) is 4.42 Å². The van der Waals surface area contributed by atoms with E-state index in [2.05, 4.69) is 20.6 Å². The number of nitrogens with one attached hydrogen (secondary N) is 2. The highest BCUT2D eigenvalue weighted by molar-refractivity contribution is 6.05. The first kappa shape index (κ1) is 17.6. The molecule has 7 heteroatoms. The Labute approximate surface area is 150 Å². The van der Waals surface area contributed by atoms with Crippen LogP contribution in [0, 0.1) is 13.8 Å². The number of anilines is 2. The number of nitrogens with zero attached hydrogens (tertiary/aromatic N) is 2. The van der Waals surface area contributed by atoms with Gasteiger partial charge in [0.1, 0.15) is 5.58 Å². The molecule has 1 amide bonds. The van der Waals surface area contributed by atoms with Crippen molar-refractivity contribution < 1.29 is 9.21 Å². The molecule has 0 radical (unpaired) electrons. The number of fused-ring (bicyclic) bond motifs is 1. The van der Waals surface area contributed by atoms with Gasteiger partial charge in [-0.05, 0) is 51.0 Å². The van der Waals surface area contributed by atoms with Gasteiger partial charge in [-0.3, -0.25) is 4.79 Å². The third-order valence-electron chi connectivity index (χ3n) is 3.88. The molecule has 7 nitrogen and oxygen atoms in total. The Hall–Kier alpha value is -3.22. The molecule has 0 aliphatic rings. The summed E-state index contributed by atoms with van der Waals surface area (Å²) >= 11 is 0.